The lowest BCUT2D eigenvalue weighted by atomic mass is 10.0. The van der Waals surface area contributed by atoms with Crippen LogP contribution >= 0.6 is 12.4 Å². The zero-order chi connectivity index (χ0) is 19.8. The molecule has 1 unspecified atom stereocenters. The Morgan fingerprint density at radius 2 is 1.86 bits per heavy atom. The number of ether oxygens (including phenoxy) is 2. The number of hydrogen-bond donors (Lipinski definition) is 1. The minimum Gasteiger partial charge on any atom is -0.496 e. The highest BCUT2D eigenvalue weighted by Crippen LogP contribution is 2.30. The Labute approximate surface area is 179 Å². The highest BCUT2D eigenvalue weighted by atomic mass is 35.5. The molecule has 1 N–H and O–H groups in total. The topological polar surface area (TPSA) is 63.7 Å². The second-order valence-electron chi connectivity index (χ2n) is 7.00. The molecule has 1 atom stereocenters. The molecule has 7 heteroatoms. The first-order valence-corrected chi connectivity index (χ1v) is 9.83. The average Bonchev–Trinajstić information content (AvgIpc) is 3.02. The Morgan fingerprint density at radius 3 is 2.52 bits per heavy atom. The third-order valence-electron chi connectivity index (χ3n) is 5.22. The Morgan fingerprint density at radius 1 is 1.10 bits per heavy atom. The van der Waals surface area contributed by atoms with Crippen LogP contribution in [0.2, 0.25) is 0 Å². The van der Waals surface area contributed by atoms with Gasteiger partial charge in [-0.2, -0.15) is 0 Å². The Kier molecular flexibility index (Phi) is 9.22. The summed E-state index contributed by atoms with van der Waals surface area (Å²) >= 11 is 0. The molecular formula is C22H30ClN3O3. The van der Waals surface area contributed by atoms with Crippen LogP contribution in [-0.4, -0.2) is 49.1 Å². The Balaban J connectivity index is 0.00000300. The van der Waals surface area contributed by atoms with E-state index in [1.807, 2.05) is 41.3 Å². The van der Waals surface area contributed by atoms with Crippen molar-refractivity contribution in [3.05, 3.63) is 53.9 Å². The monoisotopic (exact) mass is 419 g/mol. The zero-order valence-corrected chi connectivity index (χ0v) is 17.9. The maximum Gasteiger partial charge on any atom is 0.227 e. The summed E-state index contributed by atoms with van der Waals surface area (Å²) in [4.78, 5) is 19.9. The van der Waals surface area contributed by atoms with Crippen molar-refractivity contribution in [1.29, 1.82) is 0 Å². The van der Waals surface area contributed by atoms with Crippen LogP contribution in [0.15, 0.2) is 42.6 Å². The number of rotatable bonds is 7. The molecule has 1 aliphatic heterocycles. The molecule has 158 valence electrons. The number of halogens is 1. The average molecular weight is 420 g/mol. The number of benzene rings is 1. The number of carbonyl (C=O) groups excluding carboxylic acids is 1. The van der Waals surface area contributed by atoms with Crippen molar-refractivity contribution in [3.8, 4) is 11.5 Å². The van der Waals surface area contributed by atoms with E-state index in [0.717, 1.165) is 43.6 Å². The fourth-order valence-corrected chi connectivity index (χ4v) is 3.75. The molecule has 2 heterocycles. The van der Waals surface area contributed by atoms with Crippen molar-refractivity contribution in [2.45, 2.75) is 38.3 Å². The molecule has 0 spiro atoms. The summed E-state index contributed by atoms with van der Waals surface area (Å²) in [5, 5.41) is 3.43. The lowest BCUT2D eigenvalue weighted by Crippen LogP contribution is -2.41. The molecule has 0 bridgehead atoms. The van der Waals surface area contributed by atoms with Gasteiger partial charge < -0.3 is 19.7 Å². The van der Waals surface area contributed by atoms with Crippen molar-refractivity contribution in [3.63, 3.8) is 0 Å². The molecule has 0 saturated carbocycles. The highest BCUT2D eigenvalue weighted by molar-refractivity contribution is 5.85. The summed E-state index contributed by atoms with van der Waals surface area (Å²) < 4.78 is 11.0. The van der Waals surface area contributed by atoms with E-state index in [0.29, 0.717) is 18.0 Å². The van der Waals surface area contributed by atoms with Gasteiger partial charge in [-0.3, -0.25) is 9.78 Å². The molecule has 1 aromatic heterocycles. The van der Waals surface area contributed by atoms with Crippen LogP contribution in [-0.2, 0) is 17.8 Å². The van der Waals surface area contributed by atoms with E-state index in [1.165, 1.54) is 0 Å². The van der Waals surface area contributed by atoms with Crippen molar-refractivity contribution in [1.82, 2.24) is 15.2 Å². The molecular weight excluding hydrogens is 390 g/mol. The fourth-order valence-electron chi connectivity index (χ4n) is 3.75. The van der Waals surface area contributed by atoms with Crippen LogP contribution in [0, 0.1) is 0 Å². The maximum atomic E-state index is 13.4. The summed E-state index contributed by atoms with van der Waals surface area (Å²) in [6.07, 6.45) is 5.02. The van der Waals surface area contributed by atoms with Gasteiger partial charge in [-0.25, -0.2) is 0 Å². The molecule has 3 rings (SSSR count). The summed E-state index contributed by atoms with van der Waals surface area (Å²) in [7, 11) is 3.23. The fraction of sp³-hybridized carbons (Fsp3) is 0.455. The van der Waals surface area contributed by atoms with Gasteiger partial charge in [0.15, 0.2) is 0 Å². The van der Waals surface area contributed by atoms with Crippen LogP contribution in [0.4, 0.5) is 0 Å². The van der Waals surface area contributed by atoms with Gasteiger partial charge in [0.2, 0.25) is 5.91 Å². The minimum absolute atomic E-state index is 0. The smallest absolute Gasteiger partial charge is 0.227 e. The quantitative estimate of drug-likeness (QED) is 0.746. The highest BCUT2D eigenvalue weighted by Gasteiger charge is 2.27. The van der Waals surface area contributed by atoms with Crippen LogP contribution in [0.1, 0.15) is 30.5 Å². The SMILES string of the molecule is COc1cccc(OC)c1CC(=O)N(Cc1ccccn1)C1CCCNCC1.Cl. The standard InChI is InChI=1S/C22H29N3O3.ClH/c1-27-20-9-5-10-21(28-2)19(20)15-22(26)25(16-17-7-3-4-13-24-17)18-8-6-12-23-14-11-18;/h3-5,7,9-10,13,18,23H,6,8,11-12,14-16H2,1-2H3;1H. The molecule has 2 aromatic rings. The van der Waals surface area contributed by atoms with Gasteiger partial charge in [-0.05, 0) is 56.6 Å². The summed E-state index contributed by atoms with van der Waals surface area (Å²) in [5.74, 6) is 1.42. The van der Waals surface area contributed by atoms with E-state index in [1.54, 1.807) is 20.4 Å². The summed E-state index contributed by atoms with van der Waals surface area (Å²) in [6.45, 7) is 2.44. The predicted octanol–water partition coefficient (Wildman–Crippen LogP) is 3.23. The normalized spacial score (nSPS) is 16.3. The van der Waals surface area contributed by atoms with Gasteiger partial charge in [0, 0.05) is 17.8 Å². The van der Waals surface area contributed by atoms with Crippen molar-refractivity contribution < 1.29 is 14.3 Å². The maximum absolute atomic E-state index is 13.4. The first-order chi connectivity index (χ1) is 13.7. The molecule has 1 amide bonds. The predicted molar refractivity (Wildman–Crippen MR) is 116 cm³/mol. The van der Waals surface area contributed by atoms with Gasteiger partial charge in [0.1, 0.15) is 11.5 Å². The van der Waals surface area contributed by atoms with Crippen molar-refractivity contribution in [2.24, 2.45) is 0 Å². The number of nitrogens with zero attached hydrogens (tertiary/aromatic N) is 2. The second-order valence-corrected chi connectivity index (χ2v) is 7.00. The van der Waals surface area contributed by atoms with E-state index in [9.17, 15) is 4.79 Å². The molecule has 1 saturated heterocycles. The van der Waals surface area contributed by atoms with Crippen molar-refractivity contribution in [2.75, 3.05) is 27.3 Å². The van der Waals surface area contributed by atoms with Gasteiger partial charge in [-0.1, -0.05) is 12.1 Å². The van der Waals surface area contributed by atoms with Crippen LogP contribution in [0.5, 0.6) is 11.5 Å². The zero-order valence-electron chi connectivity index (χ0n) is 17.1. The molecule has 1 aliphatic rings. The Bertz CT molecular complexity index is 743. The largest absolute Gasteiger partial charge is 0.496 e. The van der Waals surface area contributed by atoms with Gasteiger partial charge in [0.25, 0.3) is 0 Å². The number of amides is 1. The second kappa shape index (κ2) is 11.6. The van der Waals surface area contributed by atoms with Crippen LogP contribution < -0.4 is 14.8 Å². The summed E-state index contributed by atoms with van der Waals surface area (Å²) in [5.41, 5.74) is 1.69. The lowest BCUT2D eigenvalue weighted by Gasteiger charge is -2.31. The number of hydrogen-bond acceptors (Lipinski definition) is 5. The van der Waals surface area contributed by atoms with Gasteiger partial charge in [-0.15, -0.1) is 12.4 Å². The number of methoxy groups -OCH3 is 2. The first kappa shape index (κ1) is 23.0. The van der Waals surface area contributed by atoms with Crippen LogP contribution in [0.3, 0.4) is 0 Å². The molecule has 0 aliphatic carbocycles. The van der Waals surface area contributed by atoms with E-state index >= 15 is 0 Å². The van der Waals surface area contributed by atoms with Gasteiger partial charge in [0.05, 0.1) is 32.9 Å². The molecule has 1 fully saturated rings. The summed E-state index contributed by atoms with van der Waals surface area (Å²) in [6, 6.07) is 11.6. The van der Waals surface area contributed by atoms with Crippen LogP contribution in [0.25, 0.3) is 0 Å². The molecule has 6 nitrogen and oxygen atoms in total. The number of pyridine rings is 1. The first-order valence-electron chi connectivity index (χ1n) is 9.83. The molecule has 29 heavy (non-hydrogen) atoms. The van der Waals surface area contributed by atoms with E-state index in [2.05, 4.69) is 10.3 Å². The number of nitrogens with one attached hydrogen (secondary N) is 1. The van der Waals surface area contributed by atoms with Gasteiger partial charge >= 0.3 is 0 Å². The minimum atomic E-state index is 0. The number of carbonyl (C=O) groups is 1. The van der Waals surface area contributed by atoms with E-state index in [4.69, 9.17) is 9.47 Å². The third-order valence-corrected chi connectivity index (χ3v) is 5.22. The molecule has 1 aromatic carbocycles. The Hall–Kier alpha value is -2.31. The third kappa shape index (κ3) is 6.08. The number of aromatic nitrogens is 1. The van der Waals surface area contributed by atoms with Crippen molar-refractivity contribution >= 4 is 18.3 Å². The molecule has 0 radical (unpaired) electrons. The lowest BCUT2D eigenvalue weighted by molar-refractivity contribution is -0.133. The van der Waals surface area contributed by atoms with E-state index < -0.39 is 0 Å². The van der Waals surface area contributed by atoms with E-state index in [-0.39, 0.29) is 30.8 Å².